The van der Waals surface area contributed by atoms with Crippen LogP contribution in [0.1, 0.15) is 40.8 Å². The second-order valence-corrected chi connectivity index (χ2v) is 8.95. The highest BCUT2D eigenvalue weighted by Gasteiger charge is 2.58. The second kappa shape index (κ2) is 10.8. The van der Waals surface area contributed by atoms with Gasteiger partial charge in [-0.15, -0.1) is 0 Å². The molecule has 6 atom stereocenters. The van der Waals surface area contributed by atoms with Gasteiger partial charge in [0.1, 0.15) is 36.8 Å². The molecule has 0 aromatic carbocycles. The van der Waals surface area contributed by atoms with Crippen LogP contribution >= 0.6 is 0 Å². The Labute approximate surface area is 196 Å². The molecule has 0 aliphatic carbocycles. The van der Waals surface area contributed by atoms with Gasteiger partial charge in [-0.3, -0.25) is 14.2 Å². The van der Waals surface area contributed by atoms with Gasteiger partial charge in [-0.05, 0) is 23.4 Å². The number of hydrogen-bond acceptors (Lipinski definition) is 11. The molecule has 0 saturated carbocycles. The largest absolute Gasteiger partial charge is 0.461 e. The van der Waals surface area contributed by atoms with Crippen LogP contribution in [0.5, 0.6) is 0 Å². The number of aromatic nitrogens is 2. The molecule has 0 spiro atoms. The van der Waals surface area contributed by atoms with Crippen molar-refractivity contribution in [1.82, 2.24) is 9.55 Å². The Morgan fingerprint density at radius 2 is 1.85 bits per heavy atom. The van der Waals surface area contributed by atoms with Crippen LogP contribution in [0.2, 0.25) is 0 Å². The number of nitrogens with two attached hydrogens (primary N) is 3. The van der Waals surface area contributed by atoms with Crippen LogP contribution < -0.4 is 22.9 Å². The predicted octanol–water partition coefficient (Wildman–Crippen LogP) is 0.419. The summed E-state index contributed by atoms with van der Waals surface area (Å²) < 4.78 is 18.0. The first-order chi connectivity index (χ1) is 15.8. The van der Waals surface area contributed by atoms with Gasteiger partial charge in [0, 0.05) is 17.0 Å². The molecule has 14 heteroatoms. The highest BCUT2D eigenvalue weighted by atomic mass is 16.6. The first kappa shape index (κ1) is 27.1. The summed E-state index contributed by atoms with van der Waals surface area (Å²) in [6.45, 7) is 7.93. The maximum absolute atomic E-state index is 12.7. The van der Waals surface area contributed by atoms with E-state index in [0.717, 1.165) is 4.57 Å². The van der Waals surface area contributed by atoms with Crippen molar-refractivity contribution in [3.63, 3.8) is 0 Å². The fourth-order valence-corrected chi connectivity index (χ4v) is 3.39. The quantitative estimate of drug-likeness (QED) is 0.191. The number of carbonyl (C=O) groups is 2. The van der Waals surface area contributed by atoms with Crippen LogP contribution in [0.15, 0.2) is 22.2 Å². The standard InChI is InChI=1S/C20H32N8O6/c1-9(2)13(22)17(29)32-8-20(26-27-24)15(33-18(30)14(23)10(3)4)11(5)16(34-20)28-7-6-12(21)25-19(28)31/h6-7,9-11,13-16H,8,22-23H2,1-5H3,(H2,21,25,31)/t11-,13-,14-,15-,16+,20+/m0/s1. The van der Waals surface area contributed by atoms with Gasteiger partial charge >= 0.3 is 17.6 Å². The molecule has 14 nitrogen and oxygen atoms in total. The van der Waals surface area contributed by atoms with Crippen molar-refractivity contribution < 1.29 is 23.8 Å². The minimum atomic E-state index is -2.00. The Morgan fingerprint density at radius 3 is 2.38 bits per heavy atom. The lowest BCUT2D eigenvalue weighted by molar-refractivity contribution is -0.179. The predicted molar refractivity (Wildman–Crippen MR) is 121 cm³/mol. The fourth-order valence-electron chi connectivity index (χ4n) is 3.39. The van der Waals surface area contributed by atoms with Gasteiger partial charge in [-0.1, -0.05) is 39.7 Å². The summed E-state index contributed by atoms with van der Waals surface area (Å²) in [5.74, 6) is -2.78. The molecule has 0 bridgehead atoms. The molecule has 2 heterocycles. The van der Waals surface area contributed by atoms with E-state index in [2.05, 4.69) is 15.0 Å². The van der Waals surface area contributed by atoms with Crippen LogP contribution in [-0.2, 0) is 23.8 Å². The van der Waals surface area contributed by atoms with E-state index in [1.54, 1.807) is 34.6 Å². The normalized spacial score (nSPS) is 26.1. The summed E-state index contributed by atoms with van der Waals surface area (Å²) in [6.07, 6.45) is -1.02. The van der Waals surface area contributed by atoms with Crippen molar-refractivity contribution in [2.45, 2.75) is 64.8 Å². The third-order valence-corrected chi connectivity index (χ3v) is 5.68. The molecule has 1 fully saturated rings. The summed E-state index contributed by atoms with van der Waals surface area (Å²) in [5.41, 5.74) is 23.9. The lowest BCUT2D eigenvalue weighted by Crippen LogP contribution is -2.50. The van der Waals surface area contributed by atoms with E-state index in [4.69, 9.17) is 31.4 Å². The van der Waals surface area contributed by atoms with Crippen LogP contribution in [0.4, 0.5) is 5.82 Å². The average Bonchev–Trinajstić information content (AvgIpc) is 3.02. The van der Waals surface area contributed by atoms with Gasteiger partial charge in [0.05, 0.1) is 0 Å². The van der Waals surface area contributed by atoms with Crippen LogP contribution in [0.3, 0.4) is 0 Å². The van der Waals surface area contributed by atoms with Crippen LogP contribution in [0, 0.1) is 17.8 Å². The number of azide groups is 1. The Bertz CT molecular complexity index is 1010. The number of rotatable bonds is 9. The molecule has 188 valence electrons. The SMILES string of the molecule is CC(C)[C@H](N)C(=O)OC[C@@]1(N=[N+]=[N-])O[C@@H](n2ccc(N)nc2=O)[C@@H](C)[C@@H]1OC(=O)[C@@H](N)C(C)C. The van der Waals surface area contributed by atoms with Crippen molar-refractivity contribution in [3.05, 3.63) is 33.2 Å². The summed E-state index contributed by atoms with van der Waals surface area (Å²) in [6, 6.07) is -0.549. The number of nitrogen functional groups attached to an aromatic ring is 1. The third kappa shape index (κ3) is 5.65. The number of esters is 2. The van der Waals surface area contributed by atoms with E-state index in [0.29, 0.717) is 0 Å². The first-order valence-electron chi connectivity index (χ1n) is 10.8. The lowest BCUT2D eigenvalue weighted by Gasteiger charge is -2.31. The Kier molecular flexibility index (Phi) is 8.61. The van der Waals surface area contributed by atoms with E-state index in [1.807, 2.05) is 0 Å². The summed E-state index contributed by atoms with van der Waals surface area (Å²) in [4.78, 5) is 44.0. The molecule has 1 aromatic rings. The van der Waals surface area contributed by atoms with Crippen molar-refractivity contribution in [3.8, 4) is 0 Å². The van der Waals surface area contributed by atoms with Crippen LogP contribution in [0.25, 0.3) is 10.4 Å². The van der Waals surface area contributed by atoms with Gasteiger partial charge < -0.3 is 31.4 Å². The van der Waals surface area contributed by atoms with E-state index < -0.39 is 60.3 Å². The molecule has 0 amide bonds. The van der Waals surface area contributed by atoms with E-state index in [1.165, 1.54) is 12.3 Å². The zero-order valence-electron chi connectivity index (χ0n) is 19.8. The number of ether oxygens (including phenoxy) is 3. The number of hydrogen-bond donors (Lipinski definition) is 3. The van der Waals surface area contributed by atoms with Crippen LogP contribution in [-0.4, -0.2) is 52.0 Å². The molecule has 34 heavy (non-hydrogen) atoms. The van der Waals surface area contributed by atoms with Gasteiger partial charge in [0.15, 0.2) is 0 Å². The zero-order chi connectivity index (χ0) is 25.8. The second-order valence-electron chi connectivity index (χ2n) is 8.95. The van der Waals surface area contributed by atoms with E-state index >= 15 is 0 Å². The van der Waals surface area contributed by atoms with Crippen molar-refractivity contribution in [2.75, 3.05) is 12.3 Å². The monoisotopic (exact) mass is 480 g/mol. The third-order valence-electron chi connectivity index (χ3n) is 5.68. The molecular weight excluding hydrogens is 448 g/mol. The topological polar surface area (TPSA) is 224 Å². The Morgan fingerprint density at radius 1 is 1.26 bits per heavy atom. The molecule has 2 rings (SSSR count). The molecular formula is C20H32N8O6. The fraction of sp³-hybridized carbons (Fsp3) is 0.700. The van der Waals surface area contributed by atoms with Gasteiger partial charge in [-0.2, -0.15) is 4.98 Å². The Hall–Kier alpha value is -3.19. The molecule has 6 N–H and O–H groups in total. The lowest BCUT2D eigenvalue weighted by atomic mass is 9.97. The zero-order valence-corrected chi connectivity index (χ0v) is 19.8. The average molecular weight is 481 g/mol. The van der Waals surface area contributed by atoms with Crippen molar-refractivity contribution in [2.24, 2.45) is 34.3 Å². The van der Waals surface area contributed by atoms with E-state index in [-0.39, 0.29) is 17.7 Å². The molecule has 1 aromatic heterocycles. The molecule has 1 aliphatic rings. The van der Waals surface area contributed by atoms with Crippen molar-refractivity contribution >= 4 is 17.8 Å². The summed E-state index contributed by atoms with van der Waals surface area (Å²) in [5, 5.41) is 3.71. The minimum Gasteiger partial charge on any atom is -0.461 e. The smallest absolute Gasteiger partial charge is 0.351 e. The number of carbonyl (C=O) groups excluding carboxylic acids is 2. The van der Waals surface area contributed by atoms with Gasteiger partial charge in [0.25, 0.3) is 0 Å². The van der Waals surface area contributed by atoms with Gasteiger partial charge in [0.2, 0.25) is 5.72 Å². The first-order valence-corrected chi connectivity index (χ1v) is 10.8. The summed E-state index contributed by atoms with van der Waals surface area (Å²) in [7, 11) is 0. The van der Waals surface area contributed by atoms with Crippen molar-refractivity contribution in [1.29, 1.82) is 0 Å². The highest BCUT2D eigenvalue weighted by molar-refractivity contribution is 5.76. The summed E-state index contributed by atoms with van der Waals surface area (Å²) >= 11 is 0. The van der Waals surface area contributed by atoms with E-state index in [9.17, 15) is 19.9 Å². The maximum Gasteiger partial charge on any atom is 0.351 e. The molecule has 1 saturated heterocycles. The number of anilines is 1. The van der Waals surface area contributed by atoms with Gasteiger partial charge in [-0.25, -0.2) is 4.79 Å². The Balaban J connectivity index is 2.49. The number of nitrogens with zero attached hydrogens (tertiary/aromatic N) is 5. The highest BCUT2D eigenvalue weighted by Crippen LogP contribution is 2.44. The minimum absolute atomic E-state index is 0.00398. The molecule has 0 unspecified atom stereocenters. The maximum atomic E-state index is 12.7. The molecule has 1 aliphatic heterocycles. The molecule has 0 radical (unpaired) electrons.